The maximum absolute atomic E-state index is 13.4. The lowest BCUT2D eigenvalue weighted by atomic mass is 9.88. The highest BCUT2D eigenvalue weighted by atomic mass is 19.2. The highest BCUT2D eigenvalue weighted by molar-refractivity contribution is 5.85. The lowest BCUT2D eigenvalue weighted by Crippen LogP contribution is -2.58. The minimum absolute atomic E-state index is 0.376. The molecule has 0 aliphatic carbocycles. The smallest absolute Gasteiger partial charge is 0.242 e. The Balaban J connectivity index is 2.42. The number of piperazine rings is 1. The zero-order valence-corrected chi connectivity index (χ0v) is 10.7. The molecule has 3 N–H and O–H groups in total. The van der Waals surface area contributed by atoms with Gasteiger partial charge >= 0.3 is 0 Å². The molecule has 1 fully saturated rings. The fraction of sp³-hybridized carbons (Fsp3) is 0.462. The van der Waals surface area contributed by atoms with Gasteiger partial charge in [-0.15, -0.1) is 0 Å². The van der Waals surface area contributed by atoms with Gasteiger partial charge in [0, 0.05) is 26.2 Å². The predicted molar refractivity (Wildman–Crippen MR) is 67.3 cm³/mol. The lowest BCUT2D eigenvalue weighted by molar-refractivity contribution is -0.130. The Morgan fingerprint density at radius 2 is 1.95 bits per heavy atom. The van der Waals surface area contributed by atoms with E-state index in [1.54, 1.807) is 6.92 Å². The van der Waals surface area contributed by atoms with Crippen LogP contribution in [-0.2, 0) is 10.3 Å². The monoisotopic (exact) mass is 269 g/mol. The third kappa shape index (κ3) is 2.46. The van der Waals surface area contributed by atoms with Crippen LogP contribution in [0.25, 0.3) is 0 Å². The van der Waals surface area contributed by atoms with Crippen LogP contribution in [0.2, 0.25) is 0 Å². The summed E-state index contributed by atoms with van der Waals surface area (Å²) in [7, 11) is 0. The van der Waals surface area contributed by atoms with Crippen LogP contribution in [0, 0.1) is 11.6 Å². The normalized spacial score (nSPS) is 19.9. The zero-order chi connectivity index (χ0) is 14.0. The Bertz CT molecular complexity index is 489. The highest BCUT2D eigenvalue weighted by Crippen LogP contribution is 2.29. The number of nitrogens with two attached hydrogens (primary N) is 1. The minimum Gasteiger partial charge on any atom is -0.368 e. The topological polar surface area (TPSA) is 58.4 Å². The van der Waals surface area contributed by atoms with Crippen LogP contribution in [0.4, 0.5) is 8.78 Å². The molecule has 0 bridgehead atoms. The van der Waals surface area contributed by atoms with E-state index in [2.05, 4.69) is 5.32 Å². The molecule has 1 saturated heterocycles. The van der Waals surface area contributed by atoms with Crippen molar-refractivity contribution in [2.75, 3.05) is 26.2 Å². The number of amides is 1. The molecule has 1 aromatic carbocycles. The number of hydrogen-bond donors (Lipinski definition) is 2. The third-order valence-corrected chi connectivity index (χ3v) is 3.71. The molecule has 19 heavy (non-hydrogen) atoms. The van der Waals surface area contributed by atoms with Crippen molar-refractivity contribution in [1.82, 2.24) is 10.2 Å². The maximum atomic E-state index is 13.4. The SMILES string of the molecule is CC(C(N)=O)(c1ccc(F)c(F)c1)N1CCNCC1. The van der Waals surface area contributed by atoms with Crippen molar-refractivity contribution in [2.45, 2.75) is 12.5 Å². The van der Waals surface area contributed by atoms with E-state index in [0.29, 0.717) is 18.7 Å². The molecule has 1 amide bonds. The highest BCUT2D eigenvalue weighted by Gasteiger charge is 2.40. The van der Waals surface area contributed by atoms with Gasteiger partial charge in [-0.05, 0) is 24.6 Å². The molecule has 1 aliphatic heterocycles. The van der Waals surface area contributed by atoms with Crippen molar-refractivity contribution in [2.24, 2.45) is 5.73 Å². The van der Waals surface area contributed by atoms with E-state index in [9.17, 15) is 13.6 Å². The number of primary amides is 1. The third-order valence-electron chi connectivity index (χ3n) is 3.71. The molecule has 0 aromatic heterocycles. The van der Waals surface area contributed by atoms with Gasteiger partial charge in [0.15, 0.2) is 11.6 Å². The summed E-state index contributed by atoms with van der Waals surface area (Å²) in [6.45, 7) is 4.35. The van der Waals surface area contributed by atoms with Gasteiger partial charge < -0.3 is 11.1 Å². The van der Waals surface area contributed by atoms with Gasteiger partial charge in [0.1, 0.15) is 5.54 Å². The molecular weight excluding hydrogens is 252 g/mol. The first-order chi connectivity index (χ1) is 8.96. The largest absolute Gasteiger partial charge is 0.368 e. The standard InChI is InChI=1S/C13H17F2N3O/c1-13(12(16)19,18-6-4-17-5-7-18)9-2-3-10(14)11(15)8-9/h2-3,8,17H,4-7H2,1H3,(H2,16,19). The molecule has 6 heteroatoms. The number of carbonyl (C=O) groups is 1. The molecule has 1 unspecified atom stereocenters. The molecule has 0 saturated carbocycles. The van der Waals surface area contributed by atoms with E-state index in [-0.39, 0.29) is 0 Å². The Labute approximate surface area is 110 Å². The first-order valence-corrected chi connectivity index (χ1v) is 6.17. The van der Waals surface area contributed by atoms with Gasteiger partial charge in [0.05, 0.1) is 0 Å². The Kier molecular flexibility index (Phi) is 3.82. The van der Waals surface area contributed by atoms with Gasteiger partial charge in [0.2, 0.25) is 5.91 Å². The summed E-state index contributed by atoms with van der Waals surface area (Å²) < 4.78 is 26.4. The van der Waals surface area contributed by atoms with Crippen molar-refractivity contribution >= 4 is 5.91 Å². The summed E-state index contributed by atoms with van der Waals surface area (Å²) in [6.07, 6.45) is 0. The van der Waals surface area contributed by atoms with Crippen LogP contribution < -0.4 is 11.1 Å². The molecule has 0 radical (unpaired) electrons. The van der Waals surface area contributed by atoms with Gasteiger partial charge in [-0.1, -0.05) is 6.07 Å². The molecule has 1 heterocycles. The predicted octanol–water partition coefficient (Wildman–Crippen LogP) is 0.571. The van der Waals surface area contributed by atoms with Crippen LogP contribution in [0.5, 0.6) is 0 Å². The van der Waals surface area contributed by atoms with E-state index >= 15 is 0 Å². The zero-order valence-electron chi connectivity index (χ0n) is 10.7. The number of rotatable bonds is 3. The van der Waals surface area contributed by atoms with Crippen LogP contribution in [-0.4, -0.2) is 37.0 Å². The van der Waals surface area contributed by atoms with Crippen molar-refractivity contribution in [3.63, 3.8) is 0 Å². The van der Waals surface area contributed by atoms with Gasteiger partial charge in [-0.3, -0.25) is 9.69 Å². The summed E-state index contributed by atoms with van der Waals surface area (Å²) in [5, 5.41) is 3.17. The molecule has 1 aromatic rings. The molecule has 4 nitrogen and oxygen atoms in total. The number of hydrogen-bond acceptors (Lipinski definition) is 3. The lowest BCUT2D eigenvalue weighted by Gasteiger charge is -2.41. The molecule has 104 valence electrons. The quantitative estimate of drug-likeness (QED) is 0.843. The fourth-order valence-electron chi connectivity index (χ4n) is 2.39. The second-order valence-corrected chi connectivity index (χ2v) is 4.80. The summed E-state index contributed by atoms with van der Waals surface area (Å²) in [4.78, 5) is 13.7. The van der Waals surface area contributed by atoms with E-state index < -0.39 is 23.1 Å². The van der Waals surface area contributed by atoms with Gasteiger partial charge in [-0.25, -0.2) is 8.78 Å². The summed E-state index contributed by atoms with van der Waals surface area (Å²) >= 11 is 0. The van der Waals surface area contributed by atoms with E-state index in [1.165, 1.54) is 6.07 Å². The van der Waals surface area contributed by atoms with Crippen LogP contribution in [0.3, 0.4) is 0 Å². The van der Waals surface area contributed by atoms with Crippen LogP contribution in [0.15, 0.2) is 18.2 Å². The number of benzene rings is 1. The van der Waals surface area contributed by atoms with Crippen LogP contribution >= 0.6 is 0 Å². The summed E-state index contributed by atoms with van der Waals surface area (Å²) in [5.41, 5.74) is 4.75. The molecule has 0 spiro atoms. The van der Waals surface area contributed by atoms with Gasteiger partial charge in [0.25, 0.3) is 0 Å². The Morgan fingerprint density at radius 3 is 2.47 bits per heavy atom. The van der Waals surface area contributed by atoms with E-state index in [4.69, 9.17) is 5.73 Å². The van der Waals surface area contributed by atoms with Crippen molar-refractivity contribution < 1.29 is 13.6 Å². The molecule has 1 atom stereocenters. The fourth-order valence-corrected chi connectivity index (χ4v) is 2.39. The number of nitrogens with zero attached hydrogens (tertiary/aromatic N) is 1. The Morgan fingerprint density at radius 1 is 1.32 bits per heavy atom. The molecular formula is C13H17F2N3O. The first-order valence-electron chi connectivity index (χ1n) is 6.17. The maximum Gasteiger partial charge on any atom is 0.242 e. The number of halogens is 2. The Hall–Kier alpha value is -1.53. The number of carbonyl (C=O) groups excluding carboxylic acids is 1. The molecule has 2 rings (SSSR count). The first kappa shape index (κ1) is 13.9. The summed E-state index contributed by atoms with van der Waals surface area (Å²) in [6, 6.07) is 3.47. The van der Waals surface area contributed by atoms with Crippen molar-refractivity contribution in [3.05, 3.63) is 35.4 Å². The second kappa shape index (κ2) is 5.22. The average molecular weight is 269 g/mol. The van der Waals surface area contributed by atoms with Crippen molar-refractivity contribution in [1.29, 1.82) is 0 Å². The van der Waals surface area contributed by atoms with E-state index in [1.807, 2.05) is 4.90 Å². The van der Waals surface area contributed by atoms with Crippen LogP contribution in [0.1, 0.15) is 12.5 Å². The summed E-state index contributed by atoms with van der Waals surface area (Å²) in [5.74, 6) is -2.48. The van der Waals surface area contributed by atoms with Crippen molar-refractivity contribution in [3.8, 4) is 0 Å². The molecule has 1 aliphatic rings. The minimum atomic E-state index is -1.13. The number of nitrogens with one attached hydrogen (secondary N) is 1. The van der Waals surface area contributed by atoms with E-state index in [0.717, 1.165) is 25.2 Å². The van der Waals surface area contributed by atoms with Gasteiger partial charge in [-0.2, -0.15) is 0 Å². The average Bonchev–Trinajstić information content (AvgIpc) is 2.41. The second-order valence-electron chi connectivity index (χ2n) is 4.80.